The summed E-state index contributed by atoms with van der Waals surface area (Å²) >= 11 is 11.6. The van der Waals surface area contributed by atoms with Gasteiger partial charge in [0.1, 0.15) is 0 Å². The lowest BCUT2D eigenvalue weighted by molar-refractivity contribution is -0.115. The van der Waals surface area contributed by atoms with Crippen molar-refractivity contribution in [1.29, 1.82) is 0 Å². The quantitative estimate of drug-likeness (QED) is 0.696. The third kappa shape index (κ3) is 1.38. The van der Waals surface area contributed by atoms with Gasteiger partial charge in [0.2, 0.25) is 5.91 Å². The molecule has 0 radical (unpaired) electrons. The Morgan fingerprint density at radius 3 is 2.64 bits per heavy atom. The maximum atomic E-state index is 11.4. The van der Waals surface area contributed by atoms with Crippen LogP contribution in [-0.2, 0) is 4.79 Å². The minimum Gasteiger partial charge on any atom is -0.324 e. The third-order valence-corrected chi connectivity index (χ3v) is 2.79. The van der Waals surface area contributed by atoms with E-state index in [4.69, 9.17) is 23.2 Å². The second-order valence-corrected chi connectivity index (χ2v) is 3.72. The summed E-state index contributed by atoms with van der Waals surface area (Å²) in [5, 5.41) is 3.06. The summed E-state index contributed by atoms with van der Waals surface area (Å²) in [6.45, 7) is 0. The van der Waals surface area contributed by atoms with Gasteiger partial charge in [-0.3, -0.25) is 9.59 Å². The largest absolute Gasteiger partial charge is 0.324 e. The zero-order valence-electron chi connectivity index (χ0n) is 6.93. The van der Waals surface area contributed by atoms with Crippen molar-refractivity contribution in [3.05, 3.63) is 27.7 Å². The van der Waals surface area contributed by atoms with Crippen molar-refractivity contribution >= 4 is 40.6 Å². The summed E-state index contributed by atoms with van der Waals surface area (Å²) < 4.78 is 0. The maximum absolute atomic E-state index is 11.4. The van der Waals surface area contributed by atoms with E-state index in [1.165, 1.54) is 6.07 Å². The van der Waals surface area contributed by atoms with Gasteiger partial charge in [-0.1, -0.05) is 23.2 Å². The number of fused-ring (bicyclic) bond motifs is 1. The molecule has 1 heterocycles. The molecular formula is C9H5Cl2NO2. The standard InChI is InChI=1S/C9H5Cl2NO2/c10-5-2-1-4-6(13)3-7(14)12-9(4)8(5)11/h1-2H,3H2,(H,12,14). The minimum atomic E-state index is -0.355. The summed E-state index contributed by atoms with van der Waals surface area (Å²) in [6, 6.07) is 3.10. The number of benzene rings is 1. The van der Waals surface area contributed by atoms with Crippen LogP contribution >= 0.6 is 23.2 Å². The molecule has 1 amide bonds. The maximum Gasteiger partial charge on any atom is 0.232 e. The van der Waals surface area contributed by atoms with Crippen molar-refractivity contribution in [2.45, 2.75) is 6.42 Å². The zero-order chi connectivity index (χ0) is 10.3. The predicted octanol–water partition coefficient (Wildman–Crippen LogP) is 2.52. The first-order valence-corrected chi connectivity index (χ1v) is 4.66. The number of carbonyl (C=O) groups excluding carboxylic acids is 2. The monoisotopic (exact) mass is 229 g/mol. The van der Waals surface area contributed by atoms with Gasteiger partial charge in [-0.15, -0.1) is 0 Å². The molecule has 1 aromatic carbocycles. The molecule has 0 bridgehead atoms. The summed E-state index contributed by atoms with van der Waals surface area (Å²) in [5.74, 6) is -0.589. The zero-order valence-corrected chi connectivity index (χ0v) is 8.45. The molecule has 14 heavy (non-hydrogen) atoms. The number of rotatable bonds is 0. The Labute approximate surface area is 90.0 Å². The number of ketones is 1. The van der Waals surface area contributed by atoms with Crippen LogP contribution in [0, 0.1) is 0 Å². The molecule has 2 rings (SSSR count). The van der Waals surface area contributed by atoms with Crippen LogP contribution in [0.1, 0.15) is 16.8 Å². The number of hydrogen-bond donors (Lipinski definition) is 1. The Kier molecular flexibility index (Phi) is 2.21. The van der Waals surface area contributed by atoms with Gasteiger partial charge in [0, 0.05) is 5.56 Å². The number of Topliss-reactive ketones (excluding diaryl/α,β-unsaturated/α-hetero) is 1. The third-order valence-electron chi connectivity index (χ3n) is 1.98. The van der Waals surface area contributed by atoms with E-state index < -0.39 is 0 Å². The number of hydrogen-bond acceptors (Lipinski definition) is 2. The second-order valence-electron chi connectivity index (χ2n) is 2.93. The van der Waals surface area contributed by atoms with Gasteiger partial charge in [0.15, 0.2) is 5.78 Å². The summed E-state index contributed by atoms with van der Waals surface area (Å²) in [6.07, 6.45) is -0.134. The van der Waals surface area contributed by atoms with Gasteiger partial charge in [0.05, 0.1) is 22.2 Å². The minimum absolute atomic E-state index is 0.134. The van der Waals surface area contributed by atoms with Gasteiger partial charge in [0.25, 0.3) is 0 Å². The highest BCUT2D eigenvalue weighted by Gasteiger charge is 2.25. The van der Waals surface area contributed by atoms with Gasteiger partial charge in [-0.05, 0) is 12.1 Å². The van der Waals surface area contributed by atoms with E-state index in [2.05, 4.69) is 5.32 Å². The van der Waals surface area contributed by atoms with Gasteiger partial charge in [-0.2, -0.15) is 0 Å². The van der Waals surface area contributed by atoms with Crippen LogP contribution in [0.4, 0.5) is 5.69 Å². The number of halogens is 2. The molecule has 0 saturated carbocycles. The Morgan fingerprint density at radius 1 is 1.21 bits per heavy atom. The molecule has 0 saturated heterocycles. The van der Waals surface area contributed by atoms with Crippen LogP contribution in [0.3, 0.4) is 0 Å². The van der Waals surface area contributed by atoms with Crippen LogP contribution in [-0.4, -0.2) is 11.7 Å². The predicted molar refractivity (Wildman–Crippen MR) is 54.0 cm³/mol. The van der Waals surface area contributed by atoms with Gasteiger partial charge < -0.3 is 5.32 Å². The Hall–Kier alpha value is -1.06. The Bertz CT molecular complexity index is 443. The summed E-state index contributed by atoms with van der Waals surface area (Å²) in [5.41, 5.74) is 0.736. The van der Waals surface area contributed by atoms with E-state index in [0.717, 1.165) is 0 Å². The average Bonchev–Trinajstić information content (AvgIpc) is 2.12. The number of amides is 1. The second kappa shape index (κ2) is 3.26. The SMILES string of the molecule is O=C1CC(=O)c2ccc(Cl)c(Cl)c2N1. The highest BCUT2D eigenvalue weighted by Crippen LogP contribution is 2.35. The van der Waals surface area contributed by atoms with Crippen molar-refractivity contribution < 1.29 is 9.59 Å². The summed E-state index contributed by atoms with van der Waals surface area (Å²) in [7, 11) is 0. The van der Waals surface area contributed by atoms with E-state index in [1.54, 1.807) is 6.07 Å². The number of carbonyl (C=O) groups is 2. The fraction of sp³-hybridized carbons (Fsp3) is 0.111. The molecule has 72 valence electrons. The van der Waals surface area contributed by atoms with Crippen LogP contribution in [0.2, 0.25) is 10.0 Å². The molecular weight excluding hydrogens is 225 g/mol. The fourth-order valence-corrected chi connectivity index (χ4v) is 1.70. The van der Waals surface area contributed by atoms with E-state index >= 15 is 0 Å². The molecule has 0 unspecified atom stereocenters. The molecule has 0 aromatic heterocycles. The summed E-state index contributed by atoms with van der Waals surface area (Å²) in [4.78, 5) is 22.5. The Balaban J connectivity index is 2.65. The molecule has 1 aromatic rings. The van der Waals surface area contributed by atoms with Crippen LogP contribution in [0.15, 0.2) is 12.1 Å². The van der Waals surface area contributed by atoms with E-state index in [0.29, 0.717) is 16.3 Å². The molecule has 1 aliphatic rings. The molecule has 0 atom stereocenters. The topological polar surface area (TPSA) is 46.2 Å². The first-order valence-electron chi connectivity index (χ1n) is 3.90. The lowest BCUT2D eigenvalue weighted by atomic mass is 10.0. The highest BCUT2D eigenvalue weighted by molar-refractivity contribution is 6.45. The normalized spacial score (nSPS) is 15.0. The fourth-order valence-electron chi connectivity index (χ4n) is 1.33. The molecule has 3 nitrogen and oxygen atoms in total. The van der Waals surface area contributed by atoms with Crippen molar-refractivity contribution in [3.63, 3.8) is 0 Å². The first-order chi connectivity index (χ1) is 6.59. The lowest BCUT2D eigenvalue weighted by Crippen LogP contribution is -2.24. The van der Waals surface area contributed by atoms with Crippen molar-refractivity contribution in [2.75, 3.05) is 5.32 Å². The lowest BCUT2D eigenvalue weighted by Gasteiger charge is -2.17. The smallest absolute Gasteiger partial charge is 0.232 e. The number of anilines is 1. The van der Waals surface area contributed by atoms with Gasteiger partial charge in [-0.25, -0.2) is 0 Å². The van der Waals surface area contributed by atoms with E-state index in [-0.39, 0.29) is 23.1 Å². The van der Waals surface area contributed by atoms with Crippen LogP contribution in [0.25, 0.3) is 0 Å². The van der Waals surface area contributed by atoms with Crippen molar-refractivity contribution in [3.8, 4) is 0 Å². The molecule has 5 heteroatoms. The Morgan fingerprint density at radius 2 is 1.93 bits per heavy atom. The highest BCUT2D eigenvalue weighted by atomic mass is 35.5. The average molecular weight is 230 g/mol. The molecule has 0 aliphatic carbocycles. The van der Waals surface area contributed by atoms with E-state index in [1.807, 2.05) is 0 Å². The first kappa shape index (κ1) is 9.49. The van der Waals surface area contributed by atoms with Crippen LogP contribution < -0.4 is 5.32 Å². The molecule has 1 N–H and O–H groups in total. The molecule has 0 spiro atoms. The van der Waals surface area contributed by atoms with E-state index in [9.17, 15) is 9.59 Å². The molecule has 1 aliphatic heterocycles. The molecule has 0 fully saturated rings. The van der Waals surface area contributed by atoms with Crippen molar-refractivity contribution in [2.24, 2.45) is 0 Å². The van der Waals surface area contributed by atoms with Gasteiger partial charge >= 0.3 is 0 Å². The van der Waals surface area contributed by atoms with Crippen molar-refractivity contribution in [1.82, 2.24) is 0 Å². The van der Waals surface area contributed by atoms with Crippen LogP contribution in [0.5, 0.6) is 0 Å². The number of nitrogens with one attached hydrogen (secondary N) is 1.